The minimum atomic E-state index is -3.58. The monoisotopic (exact) mass is 456 g/mol. The van der Waals surface area contributed by atoms with E-state index in [1.165, 1.54) is 4.31 Å². The molecule has 1 aromatic carbocycles. The molecule has 1 aliphatic rings. The van der Waals surface area contributed by atoms with Gasteiger partial charge in [0.2, 0.25) is 15.9 Å². The highest BCUT2D eigenvalue weighted by molar-refractivity contribution is 7.89. The Morgan fingerprint density at radius 1 is 1.16 bits per heavy atom. The number of carbonyl (C=O) groups excluding carboxylic acids is 1. The van der Waals surface area contributed by atoms with Crippen LogP contribution in [0.5, 0.6) is 0 Å². The number of nitrogens with zero attached hydrogens (tertiary/aromatic N) is 3. The van der Waals surface area contributed by atoms with E-state index in [1.54, 1.807) is 24.4 Å². The minimum Gasteiger partial charge on any atom is -0.328 e. The van der Waals surface area contributed by atoms with E-state index in [-0.39, 0.29) is 22.3 Å². The van der Waals surface area contributed by atoms with E-state index in [0.717, 1.165) is 5.56 Å². The fourth-order valence-electron chi connectivity index (χ4n) is 3.94. The summed E-state index contributed by atoms with van der Waals surface area (Å²) < 4.78 is 29.4. The van der Waals surface area contributed by atoms with Crippen LogP contribution in [0.4, 0.5) is 5.82 Å². The Kier molecular flexibility index (Phi) is 6.82. The second-order valence-corrected chi connectivity index (χ2v) is 11.6. The molecule has 3 rings (SSSR count). The van der Waals surface area contributed by atoms with E-state index in [9.17, 15) is 18.5 Å². The third-order valence-electron chi connectivity index (χ3n) is 5.93. The number of benzene rings is 1. The van der Waals surface area contributed by atoms with Crippen LogP contribution in [0.2, 0.25) is 0 Å². The zero-order valence-electron chi connectivity index (χ0n) is 19.4. The van der Waals surface area contributed by atoms with Crippen molar-refractivity contribution in [1.82, 2.24) is 8.87 Å². The van der Waals surface area contributed by atoms with E-state index in [4.69, 9.17) is 0 Å². The summed E-state index contributed by atoms with van der Waals surface area (Å²) in [6, 6.07) is 10.8. The quantitative estimate of drug-likeness (QED) is 0.726. The number of carbonyl (C=O) groups is 1. The number of hydrogen-bond donors (Lipinski definition) is 1. The zero-order valence-corrected chi connectivity index (χ0v) is 20.2. The average Bonchev–Trinajstić information content (AvgIpc) is 3.17. The van der Waals surface area contributed by atoms with Crippen molar-refractivity contribution in [1.29, 1.82) is 5.26 Å². The van der Waals surface area contributed by atoms with Crippen LogP contribution in [0, 0.1) is 17.2 Å². The number of amides is 1. The molecule has 1 aromatic heterocycles. The molecule has 0 aliphatic carbocycles. The normalized spacial score (nSPS) is 16.2. The third-order valence-corrected chi connectivity index (χ3v) is 7.85. The van der Waals surface area contributed by atoms with Crippen molar-refractivity contribution in [2.75, 3.05) is 18.4 Å². The number of aromatic nitrogens is 1. The van der Waals surface area contributed by atoms with Gasteiger partial charge in [0.25, 0.3) is 0 Å². The molecular weight excluding hydrogens is 424 g/mol. The molecule has 0 unspecified atom stereocenters. The Labute approximate surface area is 191 Å². The van der Waals surface area contributed by atoms with Crippen LogP contribution in [0.1, 0.15) is 64.5 Å². The molecule has 0 bridgehead atoms. The van der Waals surface area contributed by atoms with Gasteiger partial charge in [-0.25, -0.2) is 8.42 Å². The lowest BCUT2D eigenvalue weighted by atomic mass is 9.97. The number of anilines is 1. The molecule has 0 atom stereocenters. The van der Waals surface area contributed by atoms with Crippen molar-refractivity contribution in [3.8, 4) is 6.07 Å². The highest BCUT2D eigenvalue weighted by Gasteiger charge is 2.32. The highest BCUT2D eigenvalue weighted by atomic mass is 32.2. The number of nitriles is 1. The largest absolute Gasteiger partial charge is 0.328 e. The van der Waals surface area contributed by atoms with Crippen LogP contribution in [-0.4, -0.2) is 36.3 Å². The second kappa shape index (κ2) is 9.08. The van der Waals surface area contributed by atoms with Crippen LogP contribution in [-0.2, 0) is 20.4 Å². The standard InChI is InChI=1S/C24H32N4O3S/c1-17(2)19-6-8-21(9-7-19)32(30,31)27-12-10-20(11-13-27)23(29)26-22-14-18(15-25)16-28(22)24(3,4)5/h6-9,14,16-17,20H,10-13H2,1-5H3,(H,26,29). The first-order valence-electron chi connectivity index (χ1n) is 11.0. The lowest BCUT2D eigenvalue weighted by Gasteiger charge is -2.31. The topological polar surface area (TPSA) is 95.2 Å². The Morgan fingerprint density at radius 3 is 2.25 bits per heavy atom. The van der Waals surface area contributed by atoms with Gasteiger partial charge >= 0.3 is 0 Å². The van der Waals surface area contributed by atoms with Gasteiger partial charge in [0.15, 0.2) is 0 Å². The van der Waals surface area contributed by atoms with Crippen LogP contribution in [0.15, 0.2) is 41.4 Å². The average molecular weight is 457 g/mol. The molecular formula is C24H32N4O3S. The molecule has 1 N–H and O–H groups in total. The van der Waals surface area contributed by atoms with Gasteiger partial charge < -0.3 is 9.88 Å². The van der Waals surface area contributed by atoms with E-state index in [0.29, 0.717) is 43.2 Å². The number of nitrogens with one attached hydrogen (secondary N) is 1. The highest BCUT2D eigenvalue weighted by Crippen LogP contribution is 2.28. The van der Waals surface area contributed by atoms with Gasteiger partial charge in [-0.15, -0.1) is 0 Å². The predicted octanol–water partition coefficient (Wildman–Crippen LogP) is 4.28. The fraction of sp³-hybridized carbons (Fsp3) is 0.500. The molecule has 1 saturated heterocycles. The first kappa shape index (κ1) is 24.0. The van der Waals surface area contributed by atoms with Crippen LogP contribution < -0.4 is 5.32 Å². The summed E-state index contributed by atoms with van der Waals surface area (Å²) in [6.45, 7) is 10.7. The molecule has 32 heavy (non-hydrogen) atoms. The lowest BCUT2D eigenvalue weighted by Crippen LogP contribution is -2.41. The number of rotatable bonds is 5. The van der Waals surface area contributed by atoms with Gasteiger partial charge in [0.05, 0.1) is 10.5 Å². The Hall–Kier alpha value is -2.63. The van der Waals surface area contributed by atoms with Crippen molar-refractivity contribution in [3.05, 3.63) is 47.7 Å². The van der Waals surface area contributed by atoms with Crippen LogP contribution in [0.3, 0.4) is 0 Å². The van der Waals surface area contributed by atoms with E-state index in [1.807, 2.05) is 37.5 Å². The van der Waals surface area contributed by atoms with E-state index in [2.05, 4.69) is 25.2 Å². The van der Waals surface area contributed by atoms with Crippen molar-refractivity contribution >= 4 is 21.7 Å². The molecule has 0 spiro atoms. The van der Waals surface area contributed by atoms with Crippen molar-refractivity contribution in [2.45, 2.75) is 63.8 Å². The number of sulfonamides is 1. The smallest absolute Gasteiger partial charge is 0.243 e. The molecule has 7 nitrogen and oxygen atoms in total. The summed E-state index contributed by atoms with van der Waals surface area (Å²) in [6.07, 6.45) is 2.64. The number of hydrogen-bond acceptors (Lipinski definition) is 4. The molecule has 172 valence electrons. The predicted molar refractivity (Wildman–Crippen MR) is 125 cm³/mol. The van der Waals surface area contributed by atoms with Gasteiger partial charge in [-0.05, 0) is 63.3 Å². The Morgan fingerprint density at radius 2 is 1.75 bits per heavy atom. The summed E-state index contributed by atoms with van der Waals surface area (Å²) in [4.78, 5) is 13.2. The summed E-state index contributed by atoms with van der Waals surface area (Å²) in [5.41, 5.74) is 1.29. The SMILES string of the molecule is CC(C)c1ccc(S(=O)(=O)N2CCC(C(=O)Nc3cc(C#N)cn3C(C)(C)C)CC2)cc1. The molecule has 1 fully saturated rings. The van der Waals surface area contributed by atoms with Gasteiger partial charge in [-0.3, -0.25) is 4.79 Å². The molecule has 1 amide bonds. The van der Waals surface area contributed by atoms with E-state index >= 15 is 0 Å². The van der Waals surface area contributed by atoms with Crippen molar-refractivity contribution in [2.24, 2.45) is 5.92 Å². The van der Waals surface area contributed by atoms with Gasteiger partial charge in [-0.1, -0.05) is 26.0 Å². The fourth-order valence-corrected chi connectivity index (χ4v) is 5.41. The molecule has 1 aliphatic heterocycles. The van der Waals surface area contributed by atoms with Crippen molar-refractivity contribution < 1.29 is 13.2 Å². The molecule has 2 aromatic rings. The van der Waals surface area contributed by atoms with Gasteiger partial charge in [-0.2, -0.15) is 9.57 Å². The van der Waals surface area contributed by atoms with Crippen LogP contribution in [0.25, 0.3) is 0 Å². The third kappa shape index (κ3) is 5.05. The minimum absolute atomic E-state index is 0.142. The maximum absolute atomic E-state index is 13.0. The maximum Gasteiger partial charge on any atom is 0.243 e. The van der Waals surface area contributed by atoms with Gasteiger partial charge in [0.1, 0.15) is 11.9 Å². The summed E-state index contributed by atoms with van der Waals surface area (Å²) in [5, 5.41) is 12.2. The second-order valence-electron chi connectivity index (χ2n) is 9.66. The van der Waals surface area contributed by atoms with Crippen molar-refractivity contribution in [3.63, 3.8) is 0 Å². The molecule has 8 heteroatoms. The molecule has 2 heterocycles. The maximum atomic E-state index is 13.0. The Bertz CT molecular complexity index is 1110. The van der Waals surface area contributed by atoms with Crippen LogP contribution >= 0.6 is 0 Å². The van der Waals surface area contributed by atoms with E-state index < -0.39 is 10.0 Å². The molecule has 0 radical (unpaired) electrons. The molecule has 0 saturated carbocycles. The summed E-state index contributed by atoms with van der Waals surface area (Å²) in [7, 11) is -3.58. The lowest BCUT2D eigenvalue weighted by molar-refractivity contribution is -0.121. The first-order valence-corrected chi connectivity index (χ1v) is 12.4. The van der Waals surface area contributed by atoms with Gasteiger partial charge in [0, 0.05) is 30.7 Å². The number of piperidine rings is 1. The summed E-state index contributed by atoms with van der Waals surface area (Å²) in [5.74, 6) is 0.499. The Balaban J connectivity index is 1.66. The summed E-state index contributed by atoms with van der Waals surface area (Å²) >= 11 is 0. The first-order chi connectivity index (χ1) is 14.9. The zero-order chi connectivity index (χ0) is 23.7.